The Balaban J connectivity index is 0.604. The van der Waals surface area contributed by atoms with Crippen molar-refractivity contribution < 1.29 is 33.0 Å². The van der Waals surface area contributed by atoms with E-state index >= 15 is 4.39 Å². The Kier molecular flexibility index (Phi) is 23.7. The lowest BCUT2D eigenvalue weighted by atomic mass is 9.91. The molecular weight excluding hydrogens is 1560 g/mol. The summed E-state index contributed by atoms with van der Waals surface area (Å²) in [4.78, 5) is 96.5. The van der Waals surface area contributed by atoms with Crippen LogP contribution in [0, 0.1) is 34.0 Å². The summed E-state index contributed by atoms with van der Waals surface area (Å²) in [6, 6.07) is 46.9. The van der Waals surface area contributed by atoms with Crippen LogP contribution < -0.4 is 43.6 Å². The number of likely N-dealkylation sites (N-methyl/N-ethyl adjacent to an activating group) is 3. The summed E-state index contributed by atoms with van der Waals surface area (Å²) in [5, 5.41) is 36.9. The van der Waals surface area contributed by atoms with E-state index in [4.69, 9.17) is 44.1 Å². The fourth-order valence-corrected chi connectivity index (χ4v) is 20.8. The maximum Gasteiger partial charge on any atom is 0.318 e. The molecule has 9 atom stereocenters. The van der Waals surface area contributed by atoms with Gasteiger partial charge < -0.3 is 63.2 Å². The van der Waals surface area contributed by atoms with Crippen LogP contribution in [0.2, 0.25) is 0 Å². The topological polar surface area (TPSA) is 266 Å². The van der Waals surface area contributed by atoms with E-state index in [0.717, 1.165) is 134 Å². The van der Waals surface area contributed by atoms with Gasteiger partial charge in [0.25, 0.3) is 0 Å². The number of benzene rings is 6. The first kappa shape index (κ1) is 82.4. The number of aromatic nitrogens is 6. The van der Waals surface area contributed by atoms with Gasteiger partial charge in [0.05, 0.1) is 98.4 Å². The first-order valence-electron chi connectivity index (χ1n) is 43.8. The number of nitriles is 3. The Morgan fingerprint density at radius 1 is 0.452 bits per heavy atom. The van der Waals surface area contributed by atoms with Gasteiger partial charge in [0, 0.05) is 160 Å². The van der Waals surface area contributed by atoms with Gasteiger partial charge >= 0.3 is 18.0 Å². The number of carbonyl (C=O) groups excluding carboxylic acids is 3. The highest BCUT2D eigenvalue weighted by atomic mass is 19.1. The molecule has 6 fully saturated rings. The number of alkyl halides is 1. The first-order valence-corrected chi connectivity index (χ1v) is 43.8. The maximum atomic E-state index is 18.2. The van der Waals surface area contributed by atoms with Gasteiger partial charge in [-0.15, -0.1) is 0 Å². The van der Waals surface area contributed by atoms with E-state index < -0.39 is 24.2 Å². The van der Waals surface area contributed by atoms with Crippen molar-refractivity contribution in [2.45, 2.75) is 132 Å². The molecule has 0 saturated carbocycles. The van der Waals surface area contributed by atoms with Crippen molar-refractivity contribution in [3.05, 3.63) is 198 Å². The number of piperazine rings is 3. The van der Waals surface area contributed by atoms with E-state index in [0.29, 0.717) is 142 Å². The van der Waals surface area contributed by atoms with Crippen molar-refractivity contribution in [1.82, 2.24) is 59.3 Å². The summed E-state index contributed by atoms with van der Waals surface area (Å²) in [6.45, 7) is 21.5. The molecule has 9 aliphatic rings. The van der Waals surface area contributed by atoms with Crippen molar-refractivity contribution in [1.29, 1.82) is 15.8 Å². The van der Waals surface area contributed by atoms with Gasteiger partial charge in [-0.1, -0.05) is 117 Å². The third-order valence-corrected chi connectivity index (χ3v) is 27.5. The van der Waals surface area contributed by atoms with Gasteiger partial charge in [-0.3, -0.25) is 24.2 Å². The molecule has 3 unspecified atom stereocenters. The van der Waals surface area contributed by atoms with Crippen LogP contribution in [0.15, 0.2) is 153 Å². The minimum Gasteiger partial charge on any atom is -0.462 e. The molecule has 9 aliphatic heterocycles. The van der Waals surface area contributed by atoms with Gasteiger partial charge in [-0.05, 0) is 136 Å². The Bertz CT molecular complexity index is 5750. The zero-order valence-electron chi connectivity index (χ0n) is 71.0. The molecule has 28 heteroatoms. The van der Waals surface area contributed by atoms with E-state index in [1.165, 1.54) is 29.2 Å². The van der Waals surface area contributed by atoms with Crippen LogP contribution in [0.3, 0.4) is 0 Å². The zero-order chi connectivity index (χ0) is 85.4. The highest BCUT2D eigenvalue weighted by Gasteiger charge is 2.45. The molecule has 0 radical (unpaired) electrons. The Morgan fingerprint density at radius 2 is 0.935 bits per heavy atom. The number of halogens is 1. The maximum absolute atomic E-state index is 18.2. The number of likely N-dealkylation sites (tertiary alicyclic amines) is 3. The van der Waals surface area contributed by atoms with E-state index in [-0.39, 0.29) is 85.7 Å². The molecule has 3 aromatic heterocycles. The lowest BCUT2D eigenvalue weighted by molar-refractivity contribution is -0.129. The van der Waals surface area contributed by atoms with Crippen LogP contribution in [0.4, 0.5) is 38.9 Å². The second-order valence-electron chi connectivity index (χ2n) is 34.7. The standard InChI is InChI=1S/C96H106FN21O6/c1-7-87(119)113-40-45-118(70(52-113)29-35-100)93-78-32-37-110(83-26-16-21-62-18-10-13-23-73(62)83)56-82(78)103-96(106-93)123-60-72-48-67(51-108(72)5)65-46-63-19-11-14-24-74(63)84(49-65)111-38-30-77-81(57-111)102-95(105-92(77)115-42-44-117(89(121)9-3)69(54-115)28-34-99)124-61-86-90(97)79(55-109(86)6)66-47-64-20-12-15-25-75(64)85(50-66)112-39-31-76-80(58-112)101-94(122-59-71-22-17-36-107(71)4)104-91(76)114-41-43-116(88(120)8-2)68(53-114)27-33-98/h7-16,18-21,23-26,46-47,49-50,67-72,79,86,90H,1-3,17,22,27-32,36-45,48,51-61H2,4-6H3/t67?,68-,69-,70?,71+,72-,79?,86+,90+/m0/s1. The number of anilines is 6. The summed E-state index contributed by atoms with van der Waals surface area (Å²) >= 11 is 0. The molecule has 6 aromatic carbocycles. The lowest BCUT2D eigenvalue weighted by Gasteiger charge is -2.42. The molecule has 0 N–H and O–H groups in total. The van der Waals surface area contributed by atoms with E-state index in [1.807, 2.05) is 24.1 Å². The second kappa shape index (κ2) is 35.7. The number of hydrogen-bond donors (Lipinski definition) is 0. The summed E-state index contributed by atoms with van der Waals surface area (Å²) in [6.07, 6.45) is 7.89. The summed E-state index contributed by atoms with van der Waals surface area (Å²) in [5.41, 5.74) is 10.8. The smallest absolute Gasteiger partial charge is 0.318 e. The zero-order valence-corrected chi connectivity index (χ0v) is 71.0. The Morgan fingerprint density at radius 3 is 1.48 bits per heavy atom. The van der Waals surface area contributed by atoms with E-state index in [9.17, 15) is 30.2 Å². The van der Waals surface area contributed by atoms with Gasteiger partial charge in [-0.25, -0.2) is 4.39 Å². The molecule has 638 valence electrons. The quantitative estimate of drug-likeness (QED) is 0.0539. The number of nitrogens with zero attached hydrogens (tertiary/aromatic N) is 21. The molecule has 18 rings (SSSR count). The van der Waals surface area contributed by atoms with Crippen molar-refractivity contribution in [2.24, 2.45) is 0 Å². The highest BCUT2D eigenvalue weighted by Crippen LogP contribution is 2.45. The number of rotatable bonds is 23. The predicted octanol–water partition coefficient (Wildman–Crippen LogP) is 10.7. The second-order valence-corrected chi connectivity index (χ2v) is 34.7. The molecule has 0 bridgehead atoms. The SMILES string of the molecule is C=CC(=O)N1CCN(c2nc(OC[C@@H]3CC(c4cc(N5CCc6c(nc(OC[C@@H]7[C@H](F)C(c8cc(N9CCc%10c(nc(OC[C@H]%11CCCN%11C)nc%10N%10CCN(C(=O)C=C)[C@@H](CC#N)C%10)C9)c9ccccc9c8)CN7C)nc6N6CCN(C(=O)C=C)[C@@H](CC#N)C6)C5)c5ccccc5c4)CN3C)nc3c2CCN(c2cccc4ccccc24)C3)C(CC#N)C1. The summed E-state index contributed by atoms with van der Waals surface area (Å²) in [7, 11) is 6.23. The Labute approximate surface area is 723 Å². The lowest BCUT2D eigenvalue weighted by Crippen LogP contribution is -2.55. The van der Waals surface area contributed by atoms with Crippen LogP contribution in [-0.4, -0.2) is 259 Å². The monoisotopic (exact) mass is 1670 g/mol. The molecule has 9 aromatic rings. The van der Waals surface area contributed by atoms with Crippen LogP contribution in [0.5, 0.6) is 18.0 Å². The number of fused-ring (bicyclic) bond motifs is 6. The average Bonchev–Trinajstić information content (AvgIpc) is 1.30. The van der Waals surface area contributed by atoms with Crippen LogP contribution in [-0.2, 0) is 53.3 Å². The third-order valence-electron chi connectivity index (χ3n) is 27.5. The fraction of sp³-hybridized carbons (Fsp3) is 0.438. The van der Waals surface area contributed by atoms with E-state index in [2.05, 4.69) is 194 Å². The van der Waals surface area contributed by atoms with Gasteiger partial charge in [0.1, 0.15) is 43.4 Å². The Hall–Kier alpha value is -12.6. The normalized spacial score (nSPS) is 23.1. The van der Waals surface area contributed by atoms with Crippen LogP contribution in [0.25, 0.3) is 32.3 Å². The van der Waals surface area contributed by atoms with Crippen molar-refractivity contribution in [2.75, 3.05) is 169 Å². The van der Waals surface area contributed by atoms with E-state index in [1.54, 1.807) is 14.7 Å². The molecular formula is C96H106FN21O6. The minimum absolute atomic E-state index is 0.00805. The minimum atomic E-state index is -1.36. The number of hydrogen-bond acceptors (Lipinski definition) is 24. The summed E-state index contributed by atoms with van der Waals surface area (Å²) in [5.74, 6) is 1.23. The first-order chi connectivity index (χ1) is 60.5. The number of carbonyl (C=O) groups is 3. The molecule has 0 aliphatic carbocycles. The predicted molar refractivity (Wildman–Crippen MR) is 477 cm³/mol. The van der Waals surface area contributed by atoms with Crippen molar-refractivity contribution >= 4 is 84.6 Å². The molecule has 12 heterocycles. The highest BCUT2D eigenvalue weighted by molar-refractivity contribution is 5.98. The van der Waals surface area contributed by atoms with Gasteiger partial charge in [-0.2, -0.15) is 45.7 Å². The van der Waals surface area contributed by atoms with Gasteiger partial charge in [0.2, 0.25) is 17.7 Å². The average molecular weight is 1670 g/mol. The van der Waals surface area contributed by atoms with Gasteiger partial charge in [0.15, 0.2) is 0 Å². The van der Waals surface area contributed by atoms with Crippen LogP contribution in [0.1, 0.15) is 95.3 Å². The largest absolute Gasteiger partial charge is 0.462 e. The number of ether oxygens (including phenoxy) is 3. The molecule has 27 nitrogen and oxygen atoms in total. The molecule has 124 heavy (non-hydrogen) atoms. The van der Waals surface area contributed by atoms with Crippen LogP contribution >= 0.6 is 0 Å². The summed E-state index contributed by atoms with van der Waals surface area (Å²) < 4.78 is 38.4. The van der Waals surface area contributed by atoms with Crippen molar-refractivity contribution in [3.8, 4) is 36.2 Å². The third kappa shape index (κ3) is 16.4. The fourth-order valence-electron chi connectivity index (χ4n) is 20.8. The number of amides is 3. The molecule has 3 amide bonds. The molecule has 6 saturated heterocycles. The molecule has 0 spiro atoms. The van der Waals surface area contributed by atoms with Crippen molar-refractivity contribution in [3.63, 3.8) is 0 Å².